The molecular formula is C25H44N2O7. The number of amides is 2. The van der Waals surface area contributed by atoms with Gasteiger partial charge in [0.15, 0.2) is 0 Å². The molecule has 0 aliphatic heterocycles. The Hall–Kier alpha value is -2.58. The first-order valence-electron chi connectivity index (χ1n) is 11.8. The summed E-state index contributed by atoms with van der Waals surface area (Å²) in [5, 5.41) is 2.61. The van der Waals surface area contributed by atoms with Crippen molar-refractivity contribution in [2.24, 2.45) is 17.8 Å². The van der Waals surface area contributed by atoms with Crippen LogP contribution in [-0.4, -0.2) is 66.3 Å². The van der Waals surface area contributed by atoms with E-state index >= 15 is 0 Å². The fourth-order valence-corrected chi connectivity index (χ4v) is 3.21. The zero-order valence-corrected chi connectivity index (χ0v) is 22.5. The van der Waals surface area contributed by atoms with Crippen LogP contribution in [0.3, 0.4) is 0 Å². The van der Waals surface area contributed by atoms with Gasteiger partial charge in [-0.3, -0.25) is 4.79 Å². The molecule has 0 spiro atoms. The molecule has 0 aliphatic rings. The first-order valence-corrected chi connectivity index (χ1v) is 11.8. The van der Waals surface area contributed by atoms with E-state index in [2.05, 4.69) is 11.9 Å². The third kappa shape index (κ3) is 10.1. The highest BCUT2D eigenvalue weighted by molar-refractivity contribution is 5.90. The van der Waals surface area contributed by atoms with E-state index in [1.165, 1.54) is 18.0 Å². The molecule has 0 aromatic heterocycles. The van der Waals surface area contributed by atoms with E-state index in [1.54, 1.807) is 55.4 Å². The zero-order chi connectivity index (χ0) is 26.8. The molecule has 0 heterocycles. The second-order valence-corrected chi connectivity index (χ2v) is 10.2. The Balaban J connectivity index is 5.74. The highest BCUT2D eigenvalue weighted by Gasteiger charge is 2.39. The van der Waals surface area contributed by atoms with Gasteiger partial charge in [-0.1, -0.05) is 54.2 Å². The standard InChI is InChI=1S/C25H44N2O7/c1-12-14-32-23(30)20(17(7)13-2)33-22(29)19(16(5)6)27(11)21(28)18(15(3)4)26-24(31)34-25(8,9)10/h12,15-20H,1,13-14H2,2-11H3,(H,26,31)/t17-,18-,19-,20+/m0/s1. The number of hydrogen-bond donors (Lipinski definition) is 1. The lowest BCUT2D eigenvalue weighted by molar-refractivity contribution is -0.176. The van der Waals surface area contributed by atoms with E-state index in [4.69, 9.17) is 14.2 Å². The maximum Gasteiger partial charge on any atom is 0.408 e. The average molecular weight is 485 g/mol. The van der Waals surface area contributed by atoms with E-state index in [0.717, 1.165) is 0 Å². The van der Waals surface area contributed by atoms with Crippen molar-refractivity contribution in [2.45, 2.75) is 92.5 Å². The molecular weight excluding hydrogens is 440 g/mol. The van der Waals surface area contributed by atoms with Gasteiger partial charge in [0.2, 0.25) is 12.0 Å². The Labute approximate surface area is 204 Å². The molecule has 0 saturated heterocycles. The summed E-state index contributed by atoms with van der Waals surface area (Å²) >= 11 is 0. The third-order valence-corrected chi connectivity index (χ3v) is 5.22. The average Bonchev–Trinajstić information content (AvgIpc) is 2.71. The van der Waals surface area contributed by atoms with E-state index < -0.39 is 47.7 Å². The Morgan fingerprint density at radius 1 is 1.00 bits per heavy atom. The van der Waals surface area contributed by atoms with E-state index in [1.807, 2.05) is 6.92 Å². The smallest absolute Gasteiger partial charge is 0.408 e. The quantitative estimate of drug-likeness (QED) is 0.255. The lowest BCUT2D eigenvalue weighted by Gasteiger charge is -2.35. The molecule has 0 radical (unpaired) electrons. The monoisotopic (exact) mass is 484 g/mol. The minimum atomic E-state index is -1.11. The van der Waals surface area contributed by atoms with Gasteiger partial charge < -0.3 is 24.4 Å². The normalized spacial score (nSPS) is 15.1. The summed E-state index contributed by atoms with van der Waals surface area (Å²) in [6.07, 6.45) is 0.180. The predicted molar refractivity (Wildman–Crippen MR) is 130 cm³/mol. The largest absolute Gasteiger partial charge is 0.459 e. The zero-order valence-electron chi connectivity index (χ0n) is 22.5. The van der Waals surface area contributed by atoms with Crippen molar-refractivity contribution in [3.05, 3.63) is 12.7 Å². The summed E-state index contributed by atoms with van der Waals surface area (Å²) in [5.74, 6) is -2.72. The molecule has 0 aliphatic carbocycles. The van der Waals surface area contributed by atoms with Crippen molar-refractivity contribution < 1.29 is 33.4 Å². The number of esters is 2. The van der Waals surface area contributed by atoms with Crippen LogP contribution in [0, 0.1) is 17.8 Å². The van der Waals surface area contributed by atoms with Gasteiger partial charge in [-0.05, 0) is 39.0 Å². The van der Waals surface area contributed by atoms with Gasteiger partial charge in [-0.2, -0.15) is 0 Å². The summed E-state index contributed by atoms with van der Waals surface area (Å²) in [7, 11) is 1.48. The van der Waals surface area contributed by atoms with Crippen LogP contribution in [0.4, 0.5) is 4.79 Å². The molecule has 0 unspecified atom stereocenters. The van der Waals surface area contributed by atoms with Crippen LogP contribution in [0.1, 0.15) is 68.7 Å². The maximum atomic E-state index is 13.3. The summed E-state index contributed by atoms with van der Waals surface area (Å²) < 4.78 is 16.0. The number of carbonyl (C=O) groups is 4. The lowest BCUT2D eigenvalue weighted by Crippen LogP contribution is -2.56. The van der Waals surface area contributed by atoms with Crippen LogP contribution >= 0.6 is 0 Å². The first kappa shape index (κ1) is 31.4. The van der Waals surface area contributed by atoms with Crippen LogP contribution in [0.5, 0.6) is 0 Å². The minimum absolute atomic E-state index is 0.00171. The van der Waals surface area contributed by atoms with Gasteiger partial charge in [-0.15, -0.1) is 0 Å². The SMILES string of the molecule is C=CCOC(=O)[C@H](OC(=O)[C@H](C(C)C)N(C)C(=O)[C@@H](NC(=O)OC(C)(C)C)C(C)C)[C@@H](C)CC. The number of likely N-dealkylation sites (N-methyl/N-ethyl adjacent to an activating group) is 1. The number of ether oxygens (including phenoxy) is 3. The highest BCUT2D eigenvalue weighted by atomic mass is 16.6. The van der Waals surface area contributed by atoms with E-state index in [0.29, 0.717) is 6.42 Å². The molecule has 0 aromatic rings. The van der Waals surface area contributed by atoms with Crippen LogP contribution < -0.4 is 5.32 Å². The van der Waals surface area contributed by atoms with E-state index in [9.17, 15) is 19.2 Å². The van der Waals surface area contributed by atoms with Gasteiger partial charge in [0.1, 0.15) is 24.3 Å². The van der Waals surface area contributed by atoms with Crippen LogP contribution in [0.15, 0.2) is 12.7 Å². The van der Waals surface area contributed by atoms with Crippen molar-refractivity contribution in [3.63, 3.8) is 0 Å². The summed E-state index contributed by atoms with van der Waals surface area (Å²) in [5.41, 5.74) is -0.726. The maximum absolute atomic E-state index is 13.3. The minimum Gasteiger partial charge on any atom is -0.459 e. The predicted octanol–water partition coefficient (Wildman–Crippen LogP) is 3.71. The molecule has 0 bridgehead atoms. The molecule has 9 nitrogen and oxygen atoms in total. The van der Waals surface area contributed by atoms with Crippen molar-refractivity contribution in [1.29, 1.82) is 0 Å². The number of rotatable bonds is 12. The Morgan fingerprint density at radius 3 is 1.97 bits per heavy atom. The molecule has 34 heavy (non-hydrogen) atoms. The molecule has 4 atom stereocenters. The topological polar surface area (TPSA) is 111 Å². The second kappa shape index (κ2) is 14.0. The van der Waals surface area contributed by atoms with Gasteiger partial charge in [0.25, 0.3) is 0 Å². The highest BCUT2D eigenvalue weighted by Crippen LogP contribution is 2.20. The van der Waals surface area contributed by atoms with E-state index in [-0.39, 0.29) is 24.4 Å². The first-order chi connectivity index (χ1) is 15.6. The summed E-state index contributed by atoms with van der Waals surface area (Å²) in [6, 6.07) is -1.90. The van der Waals surface area contributed by atoms with Crippen molar-refractivity contribution in [2.75, 3.05) is 13.7 Å². The molecule has 0 rings (SSSR count). The van der Waals surface area contributed by atoms with Crippen LogP contribution in [0.2, 0.25) is 0 Å². The molecule has 0 saturated carbocycles. The molecule has 2 amide bonds. The summed E-state index contributed by atoms with van der Waals surface area (Å²) in [4.78, 5) is 52.6. The van der Waals surface area contributed by atoms with Gasteiger partial charge >= 0.3 is 18.0 Å². The second-order valence-electron chi connectivity index (χ2n) is 10.2. The van der Waals surface area contributed by atoms with Crippen molar-refractivity contribution in [3.8, 4) is 0 Å². The lowest BCUT2D eigenvalue weighted by atomic mass is 9.98. The molecule has 196 valence electrons. The number of nitrogens with zero attached hydrogens (tertiary/aromatic N) is 1. The molecule has 1 N–H and O–H groups in total. The molecule has 0 aromatic carbocycles. The summed E-state index contributed by atoms with van der Waals surface area (Å²) in [6.45, 7) is 19.5. The van der Waals surface area contributed by atoms with Gasteiger partial charge in [0.05, 0.1) is 0 Å². The number of alkyl carbamates (subject to hydrolysis) is 1. The number of carbonyl (C=O) groups excluding carboxylic acids is 4. The number of nitrogens with one attached hydrogen (secondary N) is 1. The molecule has 0 fully saturated rings. The molecule has 9 heteroatoms. The fraction of sp³-hybridized carbons (Fsp3) is 0.760. The Kier molecular flexibility index (Phi) is 12.9. The Bertz CT molecular complexity index is 713. The van der Waals surface area contributed by atoms with Crippen molar-refractivity contribution in [1.82, 2.24) is 10.2 Å². The van der Waals surface area contributed by atoms with Crippen LogP contribution in [0.25, 0.3) is 0 Å². The number of hydrogen-bond acceptors (Lipinski definition) is 7. The third-order valence-electron chi connectivity index (χ3n) is 5.22. The fourth-order valence-electron chi connectivity index (χ4n) is 3.21. The van der Waals surface area contributed by atoms with Gasteiger partial charge in [-0.25, -0.2) is 14.4 Å². The van der Waals surface area contributed by atoms with Crippen molar-refractivity contribution >= 4 is 23.9 Å². The Morgan fingerprint density at radius 2 is 1.56 bits per heavy atom. The van der Waals surface area contributed by atoms with Crippen LogP contribution in [-0.2, 0) is 28.6 Å². The van der Waals surface area contributed by atoms with Gasteiger partial charge in [0, 0.05) is 13.0 Å².